The Labute approximate surface area is 150 Å². The van der Waals surface area contributed by atoms with E-state index in [1.807, 2.05) is 48.6 Å². The zero-order valence-electron chi connectivity index (χ0n) is 14.8. The lowest BCUT2D eigenvalue weighted by Crippen LogP contribution is -2.24. The monoisotopic (exact) mass is 346 g/mol. The van der Waals surface area contributed by atoms with Crippen molar-refractivity contribution < 1.29 is 4.74 Å². The van der Waals surface area contributed by atoms with Crippen LogP contribution in [0.2, 0.25) is 0 Å². The standard InChI is InChI=1S/C20H18N4O2/c1-13-18(15-7-6-8-16(11-15)26-3)14(2)23-12-22-24(20(25)19(13)23)17-9-4-5-10-21-17/h4-12H,1-3H3. The van der Waals surface area contributed by atoms with Crippen LogP contribution in [0.25, 0.3) is 22.5 Å². The SMILES string of the molecule is COc1cccc(-c2c(C)c3c(=O)n(-c4ccccn4)ncn3c2C)c1. The number of ether oxygens (including phenoxy) is 1. The summed E-state index contributed by atoms with van der Waals surface area (Å²) in [4.78, 5) is 17.3. The number of hydrogen-bond acceptors (Lipinski definition) is 4. The maximum absolute atomic E-state index is 13.1. The van der Waals surface area contributed by atoms with Crippen molar-refractivity contribution in [3.8, 4) is 22.7 Å². The van der Waals surface area contributed by atoms with Gasteiger partial charge < -0.3 is 4.74 Å². The molecule has 0 radical (unpaired) electrons. The van der Waals surface area contributed by atoms with Gasteiger partial charge in [-0.3, -0.25) is 9.20 Å². The number of aryl methyl sites for hydroxylation is 2. The van der Waals surface area contributed by atoms with Crippen LogP contribution in [0.3, 0.4) is 0 Å². The van der Waals surface area contributed by atoms with Crippen LogP contribution in [0.1, 0.15) is 11.3 Å². The largest absolute Gasteiger partial charge is 0.497 e. The topological polar surface area (TPSA) is 61.4 Å². The van der Waals surface area contributed by atoms with Crippen LogP contribution in [0.15, 0.2) is 59.8 Å². The molecular formula is C20H18N4O2. The zero-order valence-corrected chi connectivity index (χ0v) is 14.8. The Bertz CT molecular complexity index is 1160. The maximum atomic E-state index is 13.1. The number of fused-ring (bicyclic) bond motifs is 1. The van der Waals surface area contributed by atoms with Crippen molar-refractivity contribution in [2.75, 3.05) is 7.11 Å². The van der Waals surface area contributed by atoms with Gasteiger partial charge in [0.15, 0.2) is 5.82 Å². The Morgan fingerprint density at radius 3 is 2.65 bits per heavy atom. The Hall–Kier alpha value is -3.41. The highest BCUT2D eigenvalue weighted by Crippen LogP contribution is 2.32. The predicted octanol–water partition coefficient (Wildman–Crippen LogP) is 3.17. The first-order valence-corrected chi connectivity index (χ1v) is 8.27. The van der Waals surface area contributed by atoms with E-state index in [0.29, 0.717) is 11.3 Å². The molecular weight excluding hydrogens is 328 g/mol. The highest BCUT2D eigenvalue weighted by Gasteiger charge is 2.19. The predicted molar refractivity (Wildman–Crippen MR) is 100 cm³/mol. The third-order valence-corrected chi connectivity index (χ3v) is 4.60. The second-order valence-electron chi connectivity index (χ2n) is 6.07. The summed E-state index contributed by atoms with van der Waals surface area (Å²) in [5, 5.41) is 4.30. The molecule has 0 aliphatic carbocycles. The minimum Gasteiger partial charge on any atom is -0.497 e. The van der Waals surface area contributed by atoms with Gasteiger partial charge >= 0.3 is 0 Å². The van der Waals surface area contributed by atoms with Gasteiger partial charge in [0, 0.05) is 17.5 Å². The molecule has 0 saturated heterocycles. The summed E-state index contributed by atoms with van der Waals surface area (Å²) >= 11 is 0. The molecule has 0 amide bonds. The Balaban J connectivity index is 2.00. The number of rotatable bonds is 3. The van der Waals surface area contributed by atoms with Crippen LogP contribution in [-0.2, 0) is 0 Å². The van der Waals surface area contributed by atoms with E-state index in [1.54, 1.807) is 31.8 Å². The average Bonchev–Trinajstić information content (AvgIpc) is 2.94. The van der Waals surface area contributed by atoms with Crippen molar-refractivity contribution in [1.82, 2.24) is 19.2 Å². The summed E-state index contributed by atoms with van der Waals surface area (Å²) in [6.07, 6.45) is 3.31. The molecule has 26 heavy (non-hydrogen) atoms. The molecule has 0 aliphatic heterocycles. The van der Waals surface area contributed by atoms with Crippen LogP contribution in [0, 0.1) is 13.8 Å². The van der Waals surface area contributed by atoms with Gasteiger partial charge in [-0.2, -0.15) is 9.78 Å². The molecule has 0 N–H and O–H groups in total. The van der Waals surface area contributed by atoms with E-state index in [0.717, 1.165) is 28.1 Å². The second-order valence-corrected chi connectivity index (χ2v) is 6.07. The maximum Gasteiger partial charge on any atom is 0.297 e. The van der Waals surface area contributed by atoms with E-state index in [9.17, 15) is 4.79 Å². The minimum absolute atomic E-state index is 0.194. The normalized spacial score (nSPS) is 11.0. The molecule has 6 heteroatoms. The summed E-state index contributed by atoms with van der Waals surface area (Å²) in [7, 11) is 1.64. The first-order valence-electron chi connectivity index (χ1n) is 8.27. The number of hydrogen-bond donors (Lipinski definition) is 0. The van der Waals surface area contributed by atoms with E-state index >= 15 is 0 Å². The number of benzene rings is 1. The fourth-order valence-corrected chi connectivity index (χ4v) is 3.37. The molecule has 0 bridgehead atoms. The molecule has 4 aromatic rings. The molecule has 0 spiro atoms. The number of methoxy groups -OCH3 is 1. The highest BCUT2D eigenvalue weighted by molar-refractivity contribution is 5.79. The van der Waals surface area contributed by atoms with Crippen LogP contribution < -0.4 is 10.3 Å². The van der Waals surface area contributed by atoms with Crippen molar-refractivity contribution in [3.05, 3.63) is 76.6 Å². The van der Waals surface area contributed by atoms with Crippen molar-refractivity contribution in [2.45, 2.75) is 13.8 Å². The van der Waals surface area contributed by atoms with Crippen molar-refractivity contribution in [3.63, 3.8) is 0 Å². The quantitative estimate of drug-likeness (QED) is 0.572. The molecule has 4 rings (SSSR count). The Morgan fingerprint density at radius 2 is 1.92 bits per heavy atom. The number of pyridine rings is 1. The zero-order chi connectivity index (χ0) is 18.3. The van der Waals surface area contributed by atoms with E-state index in [4.69, 9.17) is 4.74 Å². The fourth-order valence-electron chi connectivity index (χ4n) is 3.37. The number of aromatic nitrogens is 4. The van der Waals surface area contributed by atoms with Crippen LogP contribution in [0.4, 0.5) is 0 Å². The van der Waals surface area contributed by atoms with E-state index < -0.39 is 0 Å². The molecule has 0 unspecified atom stereocenters. The fraction of sp³-hybridized carbons (Fsp3) is 0.150. The Morgan fingerprint density at radius 1 is 1.08 bits per heavy atom. The lowest BCUT2D eigenvalue weighted by molar-refractivity contribution is 0.415. The van der Waals surface area contributed by atoms with Gasteiger partial charge in [0.1, 0.15) is 17.6 Å². The van der Waals surface area contributed by atoms with Gasteiger partial charge in [-0.25, -0.2) is 4.98 Å². The third-order valence-electron chi connectivity index (χ3n) is 4.60. The van der Waals surface area contributed by atoms with Gasteiger partial charge in [0.2, 0.25) is 0 Å². The molecule has 0 saturated carbocycles. The van der Waals surface area contributed by atoms with E-state index in [2.05, 4.69) is 10.1 Å². The molecule has 6 nitrogen and oxygen atoms in total. The average molecular weight is 346 g/mol. The van der Waals surface area contributed by atoms with Gasteiger partial charge in [0.05, 0.1) is 7.11 Å². The molecule has 3 aromatic heterocycles. The van der Waals surface area contributed by atoms with E-state index in [-0.39, 0.29) is 5.56 Å². The van der Waals surface area contributed by atoms with Crippen LogP contribution >= 0.6 is 0 Å². The molecule has 0 atom stereocenters. The summed E-state index contributed by atoms with van der Waals surface area (Å²) in [6.45, 7) is 3.95. The van der Waals surface area contributed by atoms with Crippen molar-refractivity contribution in [1.29, 1.82) is 0 Å². The molecule has 3 heterocycles. The Kier molecular flexibility index (Phi) is 3.80. The van der Waals surface area contributed by atoms with Crippen LogP contribution in [-0.4, -0.2) is 26.3 Å². The second kappa shape index (κ2) is 6.15. The third kappa shape index (κ3) is 2.38. The van der Waals surface area contributed by atoms with Gasteiger partial charge in [0.25, 0.3) is 5.56 Å². The summed E-state index contributed by atoms with van der Waals surface area (Å²) < 4.78 is 8.51. The van der Waals surface area contributed by atoms with Gasteiger partial charge in [-0.05, 0) is 49.2 Å². The lowest BCUT2D eigenvalue weighted by atomic mass is 10.0. The number of nitrogens with zero attached hydrogens (tertiary/aromatic N) is 4. The first-order chi connectivity index (χ1) is 12.6. The summed E-state index contributed by atoms with van der Waals surface area (Å²) in [5.74, 6) is 1.28. The minimum atomic E-state index is -0.194. The molecule has 130 valence electrons. The lowest BCUT2D eigenvalue weighted by Gasteiger charge is -2.05. The summed E-state index contributed by atoms with van der Waals surface area (Å²) in [6, 6.07) is 13.2. The molecule has 0 aliphatic rings. The van der Waals surface area contributed by atoms with E-state index in [1.165, 1.54) is 4.68 Å². The van der Waals surface area contributed by atoms with Crippen molar-refractivity contribution in [2.24, 2.45) is 0 Å². The molecule has 0 fully saturated rings. The highest BCUT2D eigenvalue weighted by atomic mass is 16.5. The van der Waals surface area contributed by atoms with Crippen LogP contribution in [0.5, 0.6) is 5.75 Å². The smallest absolute Gasteiger partial charge is 0.297 e. The molecule has 1 aromatic carbocycles. The summed E-state index contributed by atoms with van der Waals surface area (Å²) in [5.41, 5.74) is 4.30. The van der Waals surface area contributed by atoms with Gasteiger partial charge in [-0.1, -0.05) is 18.2 Å². The van der Waals surface area contributed by atoms with Crippen molar-refractivity contribution >= 4 is 5.52 Å². The van der Waals surface area contributed by atoms with Gasteiger partial charge in [-0.15, -0.1) is 0 Å². The first kappa shape index (κ1) is 16.1.